The second kappa shape index (κ2) is 9.58. The highest BCUT2D eigenvalue weighted by atomic mass is 35.5. The van der Waals surface area contributed by atoms with Crippen LogP contribution >= 0.6 is 11.6 Å². The Morgan fingerprint density at radius 3 is 2.70 bits per heavy atom. The molecule has 0 saturated heterocycles. The highest BCUT2D eigenvalue weighted by Gasteiger charge is 2.34. The van der Waals surface area contributed by atoms with Gasteiger partial charge in [-0.05, 0) is 31.0 Å². The lowest BCUT2D eigenvalue weighted by molar-refractivity contribution is -0.137. The zero-order chi connectivity index (χ0) is 23.5. The van der Waals surface area contributed by atoms with Crippen molar-refractivity contribution >= 4 is 40.1 Å². The van der Waals surface area contributed by atoms with Gasteiger partial charge in [0.1, 0.15) is 16.4 Å². The number of carbonyl (C=O) groups excluding carboxylic acids is 1. The van der Waals surface area contributed by atoms with E-state index >= 15 is 0 Å². The van der Waals surface area contributed by atoms with E-state index in [4.69, 9.17) is 21.4 Å². The van der Waals surface area contributed by atoms with E-state index < -0.39 is 12.0 Å². The molecule has 33 heavy (non-hydrogen) atoms. The van der Waals surface area contributed by atoms with Crippen molar-refractivity contribution in [2.75, 3.05) is 7.11 Å². The molecule has 0 radical (unpaired) electrons. The molecule has 170 valence electrons. The fraction of sp³-hybridized carbons (Fsp3) is 0.280. The smallest absolute Gasteiger partial charge is 0.303 e. The molecule has 0 bridgehead atoms. The Morgan fingerprint density at radius 1 is 1.18 bits per heavy atom. The number of nitrogens with zero attached hydrogens (tertiary/aromatic N) is 3. The van der Waals surface area contributed by atoms with Crippen LogP contribution in [-0.4, -0.2) is 39.8 Å². The van der Waals surface area contributed by atoms with E-state index in [1.165, 1.54) is 5.01 Å². The number of fused-ring (bicyclic) bond motifs is 1. The minimum absolute atomic E-state index is 0.0726. The van der Waals surface area contributed by atoms with E-state index in [-0.39, 0.29) is 30.3 Å². The molecule has 0 fully saturated rings. The average molecular weight is 466 g/mol. The summed E-state index contributed by atoms with van der Waals surface area (Å²) >= 11 is 6.61. The van der Waals surface area contributed by atoms with Gasteiger partial charge < -0.3 is 9.84 Å². The molecule has 1 atom stereocenters. The van der Waals surface area contributed by atoms with Crippen LogP contribution in [0, 0.1) is 6.92 Å². The number of amides is 1. The van der Waals surface area contributed by atoms with Gasteiger partial charge in [-0.3, -0.25) is 9.59 Å². The first-order valence-electron chi connectivity index (χ1n) is 10.7. The number of pyridine rings is 1. The number of aliphatic carboxylic acids is 1. The Hall–Kier alpha value is -3.45. The van der Waals surface area contributed by atoms with E-state index in [0.717, 1.165) is 22.2 Å². The molecule has 0 saturated carbocycles. The highest BCUT2D eigenvalue weighted by Crippen LogP contribution is 2.38. The second-order valence-corrected chi connectivity index (χ2v) is 8.38. The van der Waals surface area contributed by atoms with Gasteiger partial charge >= 0.3 is 5.97 Å². The molecule has 2 aromatic carbocycles. The van der Waals surface area contributed by atoms with Gasteiger partial charge in [-0.25, -0.2) is 9.99 Å². The van der Waals surface area contributed by atoms with Gasteiger partial charge in [0.2, 0.25) is 5.91 Å². The van der Waals surface area contributed by atoms with Crippen molar-refractivity contribution in [3.63, 3.8) is 0 Å². The summed E-state index contributed by atoms with van der Waals surface area (Å²) in [5.74, 6) is -0.558. The number of hydrogen-bond acceptors (Lipinski definition) is 5. The van der Waals surface area contributed by atoms with Crippen LogP contribution in [0.25, 0.3) is 10.9 Å². The second-order valence-electron chi connectivity index (χ2n) is 8.02. The first-order chi connectivity index (χ1) is 15.9. The van der Waals surface area contributed by atoms with Crippen LogP contribution in [0.5, 0.6) is 5.75 Å². The van der Waals surface area contributed by atoms with Crippen LogP contribution in [0.4, 0.5) is 0 Å². The summed E-state index contributed by atoms with van der Waals surface area (Å²) in [5.41, 5.74) is 4.14. The number of halogens is 1. The van der Waals surface area contributed by atoms with E-state index in [1.54, 1.807) is 7.11 Å². The first-order valence-corrected chi connectivity index (χ1v) is 11.1. The van der Waals surface area contributed by atoms with Crippen LogP contribution in [0.3, 0.4) is 0 Å². The Balaban J connectivity index is 1.72. The highest BCUT2D eigenvalue weighted by molar-refractivity contribution is 6.30. The normalized spacial score (nSPS) is 15.5. The lowest BCUT2D eigenvalue weighted by Gasteiger charge is -2.23. The minimum atomic E-state index is -0.930. The number of ether oxygens (including phenoxy) is 1. The van der Waals surface area contributed by atoms with E-state index in [2.05, 4.69) is 10.1 Å². The largest absolute Gasteiger partial charge is 0.494 e. The summed E-state index contributed by atoms with van der Waals surface area (Å²) in [6, 6.07) is 15.0. The summed E-state index contributed by atoms with van der Waals surface area (Å²) in [6.07, 6.45) is 0.731. The SMILES string of the molecule is COc1cccc2cc([C@@H]3CC(c4cccc(C)c4)=NN3C(=O)CCCC(=O)O)c(Cl)nc12. The van der Waals surface area contributed by atoms with Gasteiger partial charge in [0.05, 0.1) is 18.9 Å². The molecule has 7 nitrogen and oxygen atoms in total. The summed E-state index contributed by atoms with van der Waals surface area (Å²) in [6.45, 7) is 2.00. The van der Waals surface area contributed by atoms with Crippen LogP contribution < -0.4 is 4.74 Å². The Labute approximate surface area is 196 Å². The fourth-order valence-electron chi connectivity index (χ4n) is 4.05. The molecule has 1 N–H and O–H groups in total. The summed E-state index contributed by atoms with van der Waals surface area (Å²) < 4.78 is 5.40. The third kappa shape index (κ3) is 4.83. The quantitative estimate of drug-likeness (QED) is 0.488. The molecule has 2 heterocycles. The van der Waals surface area contributed by atoms with Gasteiger partial charge in [-0.2, -0.15) is 5.10 Å². The van der Waals surface area contributed by atoms with Crippen molar-refractivity contribution < 1.29 is 19.4 Å². The standard InChI is InChI=1S/C25H24ClN3O4/c1-15-6-3-7-16(12-15)19-14-20(29(28-19)22(30)10-5-11-23(31)32)18-13-17-8-4-9-21(33-2)24(17)27-25(18)26/h3-4,6-9,12-13,20H,5,10-11,14H2,1-2H3,(H,31,32)/t20-/m0/s1. The van der Waals surface area contributed by atoms with Crippen molar-refractivity contribution in [2.45, 2.75) is 38.6 Å². The number of carboxylic acids is 1. The number of aromatic nitrogens is 1. The van der Waals surface area contributed by atoms with E-state index in [0.29, 0.717) is 23.3 Å². The number of carbonyl (C=O) groups is 2. The lowest BCUT2D eigenvalue weighted by Crippen LogP contribution is -2.27. The molecule has 1 aliphatic rings. The molecular weight excluding hydrogens is 442 g/mol. The third-order valence-corrected chi connectivity index (χ3v) is 5.97. The van der Waals surface area contributed by atoms with Crippen molar-refractivity contribution in [3.8, 4) is 5.75 Å². The topological polar surface area (TPSA) is 92.1 Å². The molecule has 0 aliphatic carbocycles. The van der Waals surface area contributed by atoms with Crippen LogP contribution in [0.15, 0.2) is 53.6 Å². The molecule has 8 heteroatoms. The minimum Gasteiger partial charge on any atom is -0.494 e. The van der Waals surface area contributed by atoms with Crippen molar-refractivity contribution in [3.05, 3.63) is 70.4 Å². The number of para-hydroxylation sites is 1. The molecule has 3 aromatic rings. The fourth-order valence-corrected chi connectivity index (χ4v) is 4.32. The van der Waals surface area contributed by atoms with Crippen LogP contribution in [0.1, 0.15) is 48.4 Å². The molecule has 1 amide bonds. The predicted molar refractivity (Wildman–Crippen MR) is 127 cm³/mol. The number of carboxylic acid groups (broad SMARTS) is 1. The zero-order valence-electron chi connectivity index (χ0n) is 18.4. The number of aryl methyl sites for hydroxylation is 1. The molecule has 4 rings (SSSR count). The predicted octanol–water partition coefficient (Wildman–Crippen LogP) is 5.14. The van der Waals surface area contributed by atoms with Gasteiger partial charge in [-0.1, -0.05) is 53.6 Å². The van der Waals surface area contributed by atoms with Gasteiger partial charge in [0, 0.05) is 30.2 Å². The Kier molecular flexibility index (Phi) is 6.60. The van der Waals surface area contributed by atoms with Crippen LogP contribution in [0.2, 0.25) is 5.15 Å². The maximum absolute atomic E-state index is 13.1. The zero-order valence-corrected chi connectivity index (χ0v) is 19.2. The number of rotatable bonds is 7. The maximum atomic E-state index is 13.1. The summed E-state index contributed by atoms with van der Waals surface area (Å²) in [5, 5.41) is 16.1. The van der Waals surface area contributed by atoms with E-state index in [1.807, 2.05) is 55.5 Å². The molecular formula is C25H24ClN3O4. The monoisotopic (exact) mass is 465 g/mol. The average Bonchev–Trinajstić information content (AvgIpc) is 3.23. The number of hydrazone groups is 1. The first kappa shape index (κ1) is 22.7. The molecule has 1 aromatic heterocycles. The summed E-state index contributed by atoms with van der Waals surface area (Å²) in [4.78, 5) is 28.5. The van der Waals surface area contributed by atoms with E-state index in [9.17, 15) is 9.59 Å². The van der Waals surface area contributed by atoms with Crippen molar-refractivity contribution in [1.82, 2.24) is 9.99 Å². The molecule has 0 spiro atoms. The number of benzene rings is 2. The van der Waals surface area contributed by atoms with Gasteiger partial charge in [0.15, 0.2) is 0 Å². The van der Waals surface area contributed by atoms with Crippen LogP contribution in [-0.2, 0) is 9.59 Å². The maximum Gasteiger partial charge on any atom is 0.303 e. The number of hydrogen-bond donors (Lipinski definition) is 1. The Morgan fingerprint density at radius 2 is 1.97 bits per heavy atom. The summed E-state index contributed by atoms with van der Waals surface area (Å²) in [7, 11) is 1.58. The Bertz CT molecular complexity index is 1260. The van der Waals surface area contributed by atoms with Gasteiger partial charge in [0.25, 0.3) is 0 Å². The molecule has 0 unspecified atom stereocenters. The van der Waals surface area contributed by atoms with Crippen molar-refractivity contribution in [1.29, 1.82) is 0 Å². The van der Waals surface area contributed by atoms with Crippen molar-refractivity contribution in [2.24, 2.45) is 5.10 Å². The lowest BCUT2D eigenvalue weighted by atomic mass is 9.97. The third-order valence-electron chi connectivity index (χ3n) is 5.67. The number of methoxy groups -OCH3 is 1. The van der Waals surface area contributed by atoms with Gasteiger partial charge in [-0.15, -0.1) is 0 Å². The molecule has 1 aliphatic heterocycles.